The fourth-order valence-corrected chi connectivity index (χ4v) is 0.591. The van der Waals surface area contributed by atoms with E-state index in [-0.39, 0.29) is 0 Å². The zero-order valence-corrected chi connectivity index (χ0v) is 5.23. The number of nitrogens with zero attached hydrogens (tertiary/aromatic N) is 1. The predicted octanol–water partition coefficient (Wildman–Crippen LogP) is 1.29. The van der Waals surface area contributed by atoms with E-state index in [4.69, 9.17) is 5.41 Å². The molecular formula is C6H12N. The Morgan fingerprint density at radius 1 is 1.57 bits per heavy atom. The summed E-state index contributed by atoms with van der Waals surface area (Å²) in [4.78, 5) is 0. The van der Waals surface area contributed by atoms with Crippen LogP contribution in [0, 0.1) is 5.92 Å². The molecule has 0 aromatic carbocycles. The van der Waals surface area contributed by atoms with Gasteiger partial charge in [-0.15, -0.1) is 0 Å². The van der Waals surface area contributed by atoms with Crippen molar-refractivity contribution in [1.29, 1.82) is 0 Å². The van der Waals surface area contributed by atoms with Crippen molar-refractivity contribution < 1.29 is 0 Å². The molecule has 0 aliphatic carbocycles. The molecule has 0 saturated heterocycles. The first-order chi connectivity index (χ1) is 3.13. The Kier molecular flexibility index (Phi) is 2.65. The van der Waals surface area contributed by atoms with Gasteiger partial charge in [-0.3, -0.25) is 0 Å². The van der Waals surface area contributed by atoms with Crippen molar-refractivity contribution in [2.45, 2.75) is 27.2 Å². The molecule has 1 radical (unpaired) electrons. The second kappa shape index (κ2) is 2.78. The molecule has 0 bridgehead atoms. The monoisotopic (exact) mass is 98.1 g/mol. The van der Waals surface area contributed by atoms with Crippen LogP contribution in [0.1, 0.15) is 27.2 Å². The third-order valence-electron chi connectivity index (χ3n) is 0.704. The summed E-state index contributed by atoms with van der Waals surface area (Å²) in [5, 5.41) is 8.64. The lowest BCUT2D eigenvalue weighted by molar-refractivity contribution is 0.683. The zero-order valence-electron chi connectivity index (χ0n) is 5.23. The van der Waals surface area contributed by atoms with Crippen LogP contribution in [0.15, 0.2) is 0 Å². The maximum Gasteiger partial charge on any atom is 0.0377 e. The minimum Gasteiger partial charge on any atom is -0.160 e. The predicted molar refractivity (Wildman–Crippen MR) is 32.3 cm³/mol. The van der Waals surface area contributed by atoms with Crippen molar-refractivity contribution >= 4 is 5.71 Å². The quantitative estimate of drug-likeness (QED) is 0.464. The summed E-state index contributed by atoms with van der Waals surface area (Å²) in [7, 11) is 0. The Morgan fingerprint density at radius 3 is 2.00 bits per heavy atom. The Labute approximate surface area is 45.2 Å². The maximum absolute atomic E-state index is 8.64. The molecule has 0 aliphatic heterocycles. The summed E-state index contributed by atoms with van der Waals surface area (Å²) in [6, 6.07) is 0. The Balaban J connectivity index is 3.13. The molecule has 0 aromatic heterocycles. The molecule has 0 fully saturated rings. The lowest BCUT2D eigenvalue weighted by atomic mass is 10.1. The van der Waals surface area contributed by atoms with Crippen LogP contribution in [0.5, 0.6) is 0 Å². The fraction of sp³-hybridized carbons (Fsp3) is 0.833. The lowest BCUT2D eigenvalue weighted by Gasteiger charge is -1.97. The standard InChI is InChI=1S/C6H12N/c1-5(2)4-6(3)7/h5H,4H2,1-3H3. The van der Waals surface area contributed by atoms with Crippen molar-refractivity contribution in [3.05, 3.63) is 0 Å². The summed E-state index contributed by atoms with van der Waals surface area (Å²) in [5.41, 5.74) is 0.537. The molecule has 7 heavy (non-hydrogen) atoms. The SMILES string of the molecule is CC(=[N])CC(C)C. The molecule has 41 valence electrons. The Bertz CT molecular complexity index is 64.6. The first-order valence-corrected chi connectivity index (χ1v) is 2.64. The van der Waals surface area contributed by atoms with E-state index in [1.54, 1.807) is 6.92 Å². The summed E-state index contributed by atoms with van der Waals surface area (Å²) >= 11 is 0. The van der Waals surface area contributed by atoms with Gasteiger partial charge in [-0.25, -0.2) is 0 Å². The molecule has 0 atom stereocenters. The molecule has 0 saturated carbocycles. The Hall–Kier alpha value is -0.330. The van der Waals surface area contributed by atoms with E-state index in [9.17, 15) is 0 Å². The smallest absolute Gasteiger partial charge is 0.0377 e. The van der Waals surface area contributed by atoms with Gasteiger partial charge in [0.25, 0.3) is 0 Å². The Morgan fingerprint density at radius 2 is 2.00 bits per heavy atom. The summed E-state index contributed by atoms with van der Waals surface area (Å²) < 4.78 is 0. The molecule has 0 heterocycles. The van der Waals surface area contributed by atoms with Crippen LogP contribution in [0.4, 0.5) is 0 Å². The van der Waals surface area contributed by atoms with Crippen LogP contribution in [0.3, 0.4) is 0 Å². The zero-order chi connectivity index (χ0) is 5.86. The van der Waals surface area contributed by atoms with E-state index in [1.165, 1.54) is 0 Å². The van der Waals surface area contributed by atoms with Crippen LogP contribution in [0.25, 0.3) is 0 Å². The third-order valence-corrected chi connectivity index (χ3v) is 0.704. The van der Waals surface area contributed by atoms with Gasteiger partial charge in [-0.1, -0.05) is 13.8 Å². The second-order valence-electron chi connectivity index (χ2n) is 2.33. The lowest BCUT2D eigenvalue weighted by Crippen LogP contribution is -1.97. The summed E-state index contributed by atoms with van der Waals surface area (Å²) in [6.07, 6.45) is 0.833. The van der Waals surface area contributed by atoms with Crippen LogP contribution < -0.4 is 5.41 Å². The van der Waals surface area contributed by atoms with Crippen LogP contribution in [0.2, 0.25) is 0 Å². The van der Waals surface area contributed by atoms with Crippen molar-refractivity contribution in [2.24, 2.45) is 5.92 Å². The molecule has 0 unspecified atom stereocenters. The molecule has 0 N–H and O–H groups in total. The van der Waals surface area contributed by atoms with Gasteiger partial charge in [0.15, 0.2) is 0 Å². The highest BCUT2D eigenvalue weighted by atomic mass is 14.4. The van der Waals surface area contributed by atoms with E-state index in [0.717, 1.165) is 6.42 Å². The minimum atomic E-state index is 0.537. The van der Waals surface area contributed by atoms with E-state index in [0.29, 0.717) is 11.6 Å². The highest BCUT2D eigenvalue weighted by molar-refractivity contribution is 5.79. The fourth-order valence-electron chi connectivity index (χ4n) is 0.591. The maximum atomic E-state index is 8.64. The number of rotatable bonds is 2. The highest BCUT2D eigenvalue weighted by Gasteiger charge is 1.92. The van der Waals surface area contributed by atoms with Crippen molar-refractivity contribution in [3.8, 4) is 0 Å². The van der Waals surface area contributed by atoms with Gasteiger partial charge >= 0.3 is 0 Å². The molecule has 0 rings (SSSR count). The highest BCUT2D eigenvalue weighted by Crippen LogP contribution is 1.97. The van der Waals surface area contributed by atoms with Gasteiger partial charge in [0, 0.05) is 5.71 Å². The molecule has 1 nitrogen and oxygen atoms in total. The van der Waals surface area contributed by atoms with Gasteiger partial charge in [0.1, 0.15) is 0 Å². The molecule has 0 amide bonds. The van der Waals surface area contributed by atoms with Gasteiger partial charge < -0.3 is 0 Å². The van der Waals surface area contributed by atoms with Crippen LogP contribution in [-0.2, 0) is 0 Å². The van der Waals surface area contributed by atoms with Gasteiger partial charge in [-0.2, -0.15) is 5.41 Å². The van der Waals surface area contributed by atoms with Crippen molar-refractivity contribution in [1.82, 2.24) is 5.41 Å². The summed E-state index contributed by atoms with van der Waals surface area (Å²) in [6.45, 7) is 5.90. The van der Waals surface area contributed by atoms with Gasteiger partial charge in [0.2, 0.25) is 0 Å². The third kappa shape index (κ3) is 5.67. The number of hydrogen-bond donors (Lipinski definition) is 0. The largest absolute Gasteiger partial charge is 0.160 e. The average molecular weight is 98.2 g/mol. The van der Waals surface area contributed by atoms with Gasteiger partial charge in [-0.05, 0) is 19.3 Å². The molecular weight excluding hydrogens is 86.1 g/mol. The second-order valence-corrected chi connectivity index (χ2v) is 2.33. The topological polar surface area (TPSA) is 22.3 Å². The summed E-state index contributed by atoms with van der Waals surface area (Å²) in [5.74, 6) is 0.588. The first-order valence-electron chi connectivity index (χ1n) is 2.64. The van der Waals surface area contributed by atoms with Gasteiger partial charge in [0.05, 0.1) is 0 Å². The normalized spacial score (nSPS) is 9.71. The molecule has 0 aromatic rings. The molecule has 0 spiro atoms. The minimum absolute atomic E-state index is 0.537. The van der Waals surface area contributed by atoms with E-state index >= 15 is 0 Å². The van der Waals surface area contributed by atoms with E-state index in [2.05, 4.69) is 13.8 Å². The van der Waals surface area contributed by atoms with Crippen LogP contribution in [-0.4, -0.2) is 5.71 Å². The number of hydrogen-bond acceptors (Lipinski definition) is 0. The van der Waals surface area contributed by atoms with Crippen molar-refractivity contribution in [2.75, 3.05) is 0 Å². The van der Waals surface area contributed by atoms with E-state index in [1.807, 2.05) is 0 Å². The average Bonchev–Trinajstić information content (AvgIpc) is 1.27. The van der Waals surface area contributed by atoms with Crippen molar-refractivity contribution in [3.63, 3.8) is 0 Å². The van der Waals surface area contributed by atoms with Crippen LogP contribution >= 0.6 is 0 Å². The molecule has 1 heteroatoms. The molecule has 0 aliphatic rings. The first kappa shape index (κ1) is 6.67. The van der Waals surface area contributed by atoms with E-state index < -0.39 is 0 Å².